The number of nitro groups is 1. The van der Waals surface area contributed by atoms with E-state index in [0.29, 0.717) is 50.3 Å². The molecule has 1 atom stereocenters. The van der Waals surface area contributed by atoms with Crippen molar-refractivity contribution >= 4 is 17.3 Å². The van der Waals surface area contributed by atoms with Gasteiger partial charge in [0.2, 0.25) is 0 Å². The molecule has 3 rings (SSSR count). The Morgan fingerprint density at radius 1 is 1.29 bits per heavy atom. The van der Waals surface area contributed by atoms with E-state index in [-0.39, 0.29) is 28.9 Å². The summed E-state index contributed by atoms with van der Waals surface area (Å²) in [7, 11) is 1.54. The Labute approximate surface area is 179 Å². The van der Waals surface area contributed by atoms with Crippen LogP contribution in [0.3, 0.4) is 0 Å². The molecule has 1 unspecified atom stereocenters. The molecule has 2 N–H and O–H groups in total. The molecule has 166 valence electrons. The Balaban J connectivity index is 1.64. The Morgan fingerprint density at radius 2 is 1.97 bits per heavy atom. The van der Waals surface area contributed by atoms with Gasteiger partial charge in [-0.1, -0.05) is 12.1 Å². The third-order valence-corrected chi connectivity index (χ3v) is 5.55. The zero-order chi connectivity index (χ0) is 22.4. The van der Waals surface area contributed by atoms with E-state index in [4.69, 9.17) is 4.74 Å². The monoisotopic (exact) mass is 431 g/mol. The lowest BCUT2D eigenvalue weighted by molar-refractivity contribution is -0.384. The molecule has 1 saturated heterocycles. The number of carbonyl (C=O) groups is 1. The number of nitrogens with one attached hydrogen (secondary N) is 1. The van der Waals surface area contributed by atoms with Crippen molar-refractivity contribution in [2.45, 2.75) is 18.9 Å². The highest BCUT2D eigenvalue weighted by Crippen LogP contribution is 2.32. The quantitative estimate of drug-likeness (QED) is 0.377. The standard InChI is InChI=1S/C22H26FN3O5/c1-31-13-10-24-19-7-4-17(14-20(19)26(29)30)22(28)25-11-8-16(9-12-25)21(27)15-2-5-18(23)6-3-15/h2-7,14,16,21,24,27H,8-13H2,1H3. The molecule has 1 aliphatic heterocycles. The molecular formula is C22H26FN3O5. The lowest BCUT2D eigenvalue weighted by atomic mass is 9.87. The summed E-state index contributed by atoms with van der Waals surface area (Å²) in [6, 6.07) is 10.2. The molecule has 0 aromatic heterocycles. The van der Waals surface area contributed by atoms with Gasteiger partial charge in [0, 0.05) is 38.4 Å². The lowest BCUT2D eigenvalue weighted by Gasteiger charge is -2.34. The van der Waals surface area contributed by atoms with Crippen molar-refractivity contribution < 1.29 is 24.0 Å². The Morgan fingerprint density at radius 3 is 2.58 bits per heavy atom. The van der Waals surface area contributed by atoms with E-state index < -0.39 is 11.0 Å². The number of anilines is 1. The molecule has 8 nitrogen and oxygen atoms in total. The highest BCUT2D eigenvalue weighted by Gasteiger charge is 2.29. The highest BCUT2D eigenvalue weighted by atomic mass is 19.1. The zero-order valence-corrected chi connectivity index (χ0v) is 17.3. The predicted octanol–water partition coefficient (Wildman–Crippen LogP) is 3.38. The Kier molecular flexibility index (Phi) is 7.54. The minimum Gasteiger partial charge on any atom is -0.388 e. The molecule has 0 radical (unpaired) electrons. The molecule has 0 spiro atoms. The number of methoxy groups -OCH3 is 1. The van der Waals surface area contributed by atoms with Crippen molar-refractivity contribution in [2.75, 3.05) is 38.7 Å². The van der Waals surface area contributed by atoms with Crippen LogP contribution in [0.1, 0.15) is 34.9 Å². The topological polar surface area (TPSA) is 105 Å². The average molecular weight is 431 g/mol. The van der Waals surface area contributed by atoms with E-state index in [1.165, 1.54) is 24.3 Å². The number of carbonyl (C=O) groups excluding carboxylic acids is 1. The number of hydrogen-bond acceptors (Lipinski definition) is 6. The molecule has 1 fully saturated rings. The molecule has 2 aromatic carbocycles. The van der Waals surface area contributed by atoms with Crippen LogP contribution >= 0.6 is 0 Å². The predicted molar refractivity (Wildman–Crippen MR) is 113 cm³/mol. The number of nitro benzene ring substituents is 1. The fraction of sp³-hybridized carbons (Fsp3) is 0.409. The van der Waals surface area contributed by atoms with Gasteiger partial charge in [-0.25, -0.2) is 4.39 Å². The minimum absolute atomic E-state index is 0.0452. The summed E-state index contributed by atoms with van der Waals surface area (Å²) in [6.07, 6.45) is 0.447. The van der Waals surface area contributed by atoms with Gasteiger partial charge < -0.3 is 20.1 Å². The fourth-order valence-electron chi connectivity index (χ4n) is 3.79. The maximum absolute atomic E-state index is 13.1. The smallest absolute Gasteiger partial charge is 0.293 e. The molecule has 31 heavy (non-hydrogen) atoms. The molecule has 0 saturated carbocycles. The second kappa shape index (κ2) is 10.3. The van der Waals surface area contributed by atoms with Gasteiger partial charge in [0.25, 0.3) is 11.6 Å². The third kappa shape index (κ3) is 5.56. The number of piperidine rings is 1. The number of aliphatic hydroxyl groups is 1. The Bertz CT molecular complexity index is 914. The first-order chi connectivity index (χ1) is 14.9. The van der Waals surface area contributed by atoms with Gasteiger partial charge in [0.1, 0.15) is 11.5 Å². The number of aliphatic hydroxyl groups excluding tert-OH is 1. The first kappa shape index (κ1) is 22.6. The van der Waals surface area contributed by atoms with Crippen LogP contribution in [-0.4, -0.2) is 54.2 Å². The summed E-state index contributed by atoms with van der Waals surface area (Å²) in [4.78, 5) is 25.5. The summed E-state index contributed by atoms with van der Waals surface area (Å²) >= 11 is 0. The Hall–Kier alpha value is -3.04. The maximum Gasteiger partial charge on any atom is 0.293 e. The number of nitrogens with zero attached hydrogens (tertiary/aromatic N) is 2. The second-order valence-electron chi connectivity index (χ2n) is 7.53. The van der Waals surface area contributed by atoms with Crippen LogP contribution < -0.4 is 5.32 Å². The summed E-state index contributed by atoms with van der Waals surface area (Å²) in [5.41, 5.74) is 1.07. The van der Waals surface area contributed by atoms with E-state index >= 15 is 0 Å². The van der Waals surface area contributed by atoms with Crippen molar-refractivity contribution in [3.8, 4) is 0 Å². The number of hydrogen-bond donors (Lipinski definition) is 2. The molecule has 1 amide bonds. The highest BCUT2D eigenvalue weighted by molar-refractivity contribution is 5.95. The van der Waals surface area contributed by atoms with E-state index in [0.717, 1.165) is 0 Å². The number of rotatable bonds is 8. The van der Waals surface area contributed by atoms with Gasteiger partial charge in [-0.3, -0.25) is 14.9 Å². The van der Waals surface area contributed by atoms with E-state index in [2.05, 4.69) is 5.32 Å². The number of likely N-dealkylation sites (tertiary alicyclic amines) is 1. The van der Waals surface area contributed by atoms with E-state index in [1.807, 2.05) is 0 Å². The molecule has 9 heteroatoms. The molecule has 2 aromatic rings. The van der Waals surface area contributed by atoms with E-state index in [9.17, 15) is 24.4 Å². The maximum atomic E-state index is 13.1. The molecule has 1 heterocycles. The molecule has 0 bridgehead atoms. The summed E-state index contributed by atoms with van der Waals surface area (Å²) in [5, 5.41) is 25.0. The van der Waals surface area contributed by atoms with Crippen molar-refractivity contribution in [1.82, 2.24) is 4.90 Å². The summed E-state index contributed by atoms with van der Waals surface area (Å²) in [5.74, 6) is -0.678. The van der Waals surface area contributed by atoms with Crippen LogP contribution in [0.2, 0.25) is 0 Å². The average Bonchev–Trinajstić information content (AvgIpc) is 2.79. The zero-order valence-electron chi connectivity index (χ0n) is 17.3. The first-order valence-corrected chi connectivity index (χ1v) is 10.1. The second-order valence-corrected chi connectivity index (χ2v) is 7.53. The SMILES string of the molecule is COCCNc1ccc(C(=O)N2CCC(C(O)c3ccc(F)cc3)CC2)cc1[N+](=O)[O-]. The van der Waals surface area contributed by atoms with Gasteiger partial charge >= 0.3 is 0 Å². The van der Waals surface area contributed by atoms with Gasteiger partial charge in [-0.2, -0.15) is 0 Å². The van der Waals surface area contributed by atoms with Gasteiger partial charge in [-0.15, -0.1) is 0 Å². The van der Waals surface area contributed by atoms with Crippen LogP contribution in [0.4, 0.5) is 15.8 Å². The van der Waals surface area contributed by atoms with Crippen molar-refractivity contribution in [1.29, 1.82) is 0 Å². The third-order valence-electron chi connectivity index (χ3n) is 5.55. The normalized spacial score (nSPS) is 15.5. The summed E-state index contributed by atoms with van der Waals surface area (Å²) in [6.45, 7) is 1.68. The minimum atomic E-state index is -0.726. The van der Waals surface area contributed by atoms with Gasteiger partial charge in [-0.05, 0) is 48.6 Å². The molecule has 0 aliphatic carbocycles. The van der Waals surface area contributed by atoms with Crippen LogP contribution in [0.5, 0.6) is 0 Å². The number of amides is 1. The van der Waals surface area contributed by atoms with Crippen molar-refractivity contribution in [3.63, 3.8) is 0 Å². The fourth-order valence-corrected chi connectivity index (χ4v) is 3.79. The van der Waals surface area contributed by atoms with Gasteiger partial charge in [0.05, 0.1) is 17.6 Å². The lowest BCUT2D eigenvalue weighted by Crippen LogP contribution is -2.39. The van der Waals surface area contributed by atoms with Crippen molar-refractivity contribution in [2.24, 2.45) is 5.92 Å². The number of halogens is 1. The van der Waals surface area contributed by atoms with Crippen LogP contribution in [-0.2, 0) is 4.74 Å². The largest absolute Gasteiger partial charge is 0.388 e. The van der Waals surface area contributed by atoms with Crippen LogP contribution in [0, 0.1) is 21.8 Å². The van der Waals surface area contributed by atoms with E-state index in [1.54, 1.807) is 30.2 Å². The van der Waals surface area contributed by atoms with Crippen LogP contribution in [0.25, 0.3) is 0 Å². The summed E-state index contributed by atoms with van der Waals surface area (Å²) < 4.78 is 18.0. The van der Waals surface area contributed by atoms with Gasteiger partial charge in [0.15, 0.2) is 0 Å². The molecular weight excluding hydrogens is 405 g/mol. The molecule has 1 aliphatic rings. The van der Waals surface area contributed by atoms with Crippen LogP contribution in [0.15, 0.2) is 42.5 Å². The number of benzene rings is 2. The first-order valence-electron chi connectivity index (χ1n) is 10.1. The van der Waals surface area contributed by atoms with Crippen molar-refractivity contribution in [3.05, 3.63) is 69.5 Å². The number of ether oxygens (including phenoxy) is 1.